The van der Waals surface area contributed by atoms with Crippen LogP contribution in [-0.2, 0) is 4.79 Å². The minimum Gasteiger partial charge on any atom is -0.320 e. The van der Waals surface area contributed by atoms with Crippen molar-refractivity contribution in [2.24, 2.45) is 0 Å². The SMILES string of the molecule is CC(Cl)C(=O)N1c2ccccc2NC(=O)c2cc(Cl)ccc21. The molecule has 1 heterocycles. The Morgan fingerprint density at radius 3 is 2.64 bits per heavy atom. The van der Waals surface area contributed by atoms with Gasteiger partial charge in [0.2, 0.25) is 5.91 Å². The van der Waals surface area contributed by atoms with Crippen molar-refractivity contribution in [3.63, 3.8) is 0 Å². The molecule has 1 atom stereocenters. The summed E-state index contributed by atoms with van der Waals surface area (Å²) in [5.41, 5.74) is 1.92. The van der Waals surface area contributed by atoms with Crippen molar-refractivity contribution >= 4 is 52.1 Å². The molecule has 0 aliphatic carbocycles. The second-order valence-corrected chi connectivity index (χ2v) is 6.01. The molecule has 1 N–H and O–H groups in total. The molecule has 1 aliphatic rings. The minimum atomic E-state index is -0.732. The van der Waals surface area contributed by atoms with E-state index in [1.54, 1.807) is 43.3 Å². The van der Waals surface area contributed by atoms with Crippen molar-refractivity contribution in [3.05, 3.63) is 53.1 Å². The molecular weight excluding hydrogens is 323 g/mol. The lowest BCUT2D eigenvalue weighted by Crippen LogP contribution is -2.32. The van der Waals surface area contributed by atoms with Gasteiger partial charge in [0, 0.05) is 5.02 Å². The zero-order valence-electron chi connectivity index (χ0n) is 11.6. The first-order valence-corrected chi connectivity index (χ1v) is 7.48. The summed E-state index contributed by atoms with van der Waals surface area (Å²) in [4.78, 5) is 26.5. The van der Waals surface area contributed by atoms with Gasteiger partial charge >= 0.3 is 0 Å². The largest absolute Gasteiger partial charge is 0.320 e. The number of alkyl halides is 1. The number of carbonyl (C=O) groups is 2. The highest BCUT2D eigenvalue weighted by atomic mass is 35.5. The number of amides is 2. The summed E-state index contributed by atoms with van der Waals surface area (Å²) < 4.78 is 0. The normalized spacial score (nSPS) is 14.5. The summed E-state index contributed by atoms with van der Waals surface area (Å²) >= 11 is 12.0. The monoisotopic (exact) mass is 334 g/mol. The Hall–Kier alpha value is -2.04. The van der Waals surface area contributed by atoms with E-state index in [9.17, 15) is 9.59 Å². The van der Waals surface area contributed by atoms with E-state index in [1.807, 2.05) is 0 Å². The van der Waals surface area contributed by atoms with Crippen LogP contribution in [0.1, 0.15) is 17.3 Å². The molecule has 4 nitrogen and oxygen atoms in total. The molecule has 1 aliphatic heterocycles. The first-order chi connectivity index (χ1) is 10.5. The highest BCUT2D eigenvalue weighted by molar-refractivity contribution is 6.35. The van der Waals surface area contributed by atoms with Gasteiger partial charge in [-0.1, -0.05) is 23.7 Å². The molecule has 0 fully saturated rings. The highest BCUT2D eigenvalue weighted by Crippen LogP contribution is 2.39. The van der Waals surface area contributed by atoms with E-state index in [4.69, 9.17) is 23.2 Å². The van der Waals surface area contributed by atoms with Crippen LogP contribution in [0.5, 0.6) is 0 Å². The molecule has 0 radical (unpaired) electrons. The molecular formula is C16H12Cl2N2O2. The quantitative estimate of drug-likeness (QED) is 0.794. The number of rotatable bonds is 1. The maximum Gasteiger partial charge on any atom is 0.257 e. The van der Waals surface area contributed by atoms with Gasteiger partial charge in [-0.3, -0.25) is 14.5 Å². The molecule has 22 heavy (non-hydrogen) atoms. The van der Waals surface area contributed by atoms with Crippen molar-refractivity contribution in [1.82, 2.24) is 0 Å². The van der Waals surface area contributed by atoms with Crippen molar-refractivity contribution in [3.8, 4) is 0 Å². The van der Waals surface area contributed by atoms with Crippen LogP contribution < -0.4 is 10.2 Å². The van der Waals surface area contributed by atoms with Crippen molar-refractivity contribution < 1.29 is 9.59 Å². The first kappa shape index (κ1) is 14.9. The van der Waals surface area contributed by atoms with Gasteiger partial charge in [0.1, 0.15) is 5.38 Å². The minimum absolute atomic E-state index is 0.311. The fourth-order valence-corrected chi connectivity index (χ4v) is 2.66. The Kier molecular flexibility index (Phi) is 3.81. The van der Waals surface area contributed by atoms with Gasteiger partial charge in [0.15, 0.2) is 0 Å². The molecule has 112 valence electrons. The molecule has 0 saturated heterocycles. The Labute approximate surface area is 137 Å². The van der Waals surface area contributed by atoms with E-state index < -0.39 is 5.38 Å². The number of nitrogens with zero attached hydrogens (tertiary/aromatic N) is 1. The van der Waals surface area contributed by atoms with Crippen molar-refractivity contribution in [2.45, 2.75) is 12.3 Å². The smallest absolute Gasteiger partial charge is 0.257 e. The van der Waals surface area contributed by atoms with Gasteiger partial charge in [-0.25, -0.2) is 0 Å². The third kappa shape index (κ3) is 2.45. The summed E-state index contributed by atoms with van der Waals surface area (Å²) in [5.74, 6) is -0.628. The fraction of sp³-hybridized carbons (Fsp3) is 0.125. The molecule has 0 spiro atoms. The van der Waals surface area contributed by atoms with E-state index in [1.165, 1.54) is 11.0 Å². The van der Waals surface area contributed by atoms with Crippen molar-refractivity contribution in [1.29, 1.82) is 0 Å². The molecule has 3 rings (SSSR count). The summed E-state index contributed by atoms with van der Waals surface area (Å²) in [6, 6.07) is 11.9. The van der Waals surface area contributed by atoms with Crippen LogP contribution in [0.4, 0.5) is 17.1 Å². The zero-order chi connectivity index (χ0) is 15.9. The Balaban J connectivity index is 2.29. The first-order valence-electron chi connectivity index (χ1n) is 6.67. The lowest BCUT2D eigenvalue weighted by atomic mass is 10.1. The second-order valence-electron chi connectivity index (χ2n) is 4.92. The highest BCUT2D eigenvalue weighted by Gasteiger charge is 2.31. The van der Waals surface area contributed by atoms with Crippen LogP contribution in [0.15, 0.2) is 42.5 Å². The molecule has 1 unspecified atom stereocenters. The van der Waals surface area contributed by atoms with Gasteiger partial charge in [-0.05, 0) is 37.3 Å². The van der Waals surface area contributed by atoms with Crippen LogP contribution >= 0.6 is 23.2 Å². The number of halogens is 2. The summed E-state index contributed by atoms with van der Waals surface area (Å²) in [6.07, 6.45) is 0. The van der Waals surface area contributed by atoms with Crippen molar-refractivity contribution in [2.75, 3.05) is 10.2 Å². The fourth-order valence-electron chi connectivity index (χ4n) is 2.39. The van der Waals surface area contributed by atoms with E-state index in [0.29, 0.717) is 27.6 Å². The van der Waals surface area contributed by atoms with Crippen LogP contribution in [0.3, 0.4) is 0 Å². The molecule has 0 saturated carbocycles. The van der Waals surface area contributed by atoms with Gasteiger partial charge < -0.3 is 5.32 Å². The van der Waals surface area contributed by atoms with Gasteiger partial charge in [0.05, 0.1) is 22.6 Å². The summed E-state index contributed by atoms with van der Waals surface area (Å²) in [5, 5.41) is 2.49. The Bertz CT molecular complexity index is 774. The predicted octanol–water partition coefficient (Wildman–Crippen LogP) is 4.20. The van der Waals surface area contributed by atoms with E-state index in [-0.39, 0.29) is 11.8 Å². The number of carbonyl (C=O) groups excluding carboxylic acids is 2. The average molecular weight is 335 g/mol. The van der Waals surface area contributed by atoms with Gasteiger partial charge in [-0.2, -0.15) is 0 Å². The number of anilines is 3. The van der Waals surface area contributed by atoms with E-state index in [2.05, 4.69) is 5.32 Å². The van der Waals surface area contributed by atoms with Gasteiger partial charge in [0.25, 0.3) is 5.91 Å². The third-order valence-electron chi connectivity index (χ3n) is 3.40. The molecule has 2 amide bonds. The zero-order valence-corrected chi connectivity index (χ0v) is 13.2. The molecule has 2 aromatic carbocycles. The maximum absolute atomic E-state index is 12.6. The average Bonchev–Trinajstić information content (AvgIpc) is 2.61. The molecule has 2 aromatic rings. The summed E-state index contributed by atoms with van der Waals surface area (Å²) in [6.45, 7) is 1.60. The Morgan fingerprint density at radius 2 is 1.91 bits per heavy atom. The molecule has 0 bridgehead atoms. The lowest BCUT2D eigenvalue weighted by molar-refractivity contribution is -0.117. The lowest BCUT2D eigenvalue weighted by Gasteiger charge is -2.25. The topological polar surface area (TPSA) is 49.4 Å². The van der Waals surface area contributed by atoms with E-state index >= 15 is 0 Å². The number of para-hydroxylation sites is 2. The second kappa shape index (κ2) is 5.63. The third-order valence-corrected chi connectivity index (χ3v) is 3.82. The van der Waals surface area contributed by atoms with Crippen LogP contribution in [0.25, 0.3) is 0 Å². The standard InChI is InChI=1S/C16H12Cl2N2O2/c1-9(17)16(22)20-13-7-6-10(18)8-11(13)15(21)19-12-4-2-3-5-14(12)20/h2-9H,1H3,(H,19,21). The number of fused-ring (bicyclic) bond motifs is 2. The van der Waals surface area contributed by atoms with Crippen LogP contribution in [0, 0.1) is 0 Å². The molecule has 0 aromatic heterocycles. The predicted molar refractivity (Wildman–Crippen MR) is 88.3 cm³/mol. The van der Waals surface area contributed by atoms with Gasteiger partial charge in [-0.15, -0.1) is 11.6 Å². The number of benzene rings is 2. The maximum atomic E-state index is 12.6. The number of hydrogen-bond acceptors (Lipinski definition) is 2. The van der Waals surface area contributed by atoms with Crippen LogP contribution in [-0.4, -0.2) is 17.2 Å². The number of nitrogens with one attached hydrogen (secondary N) is 1. The molecule has 6 heteroatoms. The Morgan fingerprint density at radius 1 is 1.18 bits per heavy atom. The summed E-state index contributed by atoms with van der Waals surface area (Å²) in [7, 11) is 0. The van der Waals surface area contributed by atoms with Crippen LogP contribution in [0.2, 0.25) is 5.02 Å². The van der Waals surface area contributed by atoms with E-state index in [0.717, 1.165) is 0 Å². The number of hydrogen-bond donors (Lipinski definition) is 1.